The van der Waals surface area contributed by atoms with E-state index in [9.17, 15) is 40.5 Å². The van der Waals surface area contributed by atoms with Crippen LogP contribution >= 0.6 is 0 Å². The summed E-state index contributed by atoms with van der Waals surface area (Å²) in [5.74, 6) is -0.702. The van der Waals surface area contributed by atoms with Gasteiger partial charge in [-0.1, -0.05) is 173 Å². The van der Waals surface area contributed by atoms with Gasteiger partial charge >= 0.3 is 0 Å². The van der Waals surface area contributed by atoms with Gasteiger partial charge in [0.15, 0.2) is 6.29 Å². The molecule has 11 heteroatoms. The summed E-state index contributed by atoms with van der Waals surface area (Å²) in [6.45, 7) is 3.42. The molecule has 0 aromatic carbocycles. The van der Waals surface area contributed by atoms with Crippen LogP contribution in [0.5, 0.6) is 0 Å². The number of ether oxygens (including phenoxy) is 2. The van der Waals surface area contributed by atoms with E-state index in [0.717, 1.165) is 51.4 Å². The lowest BCUT2D eigenvalue weighted by Crippen LogP contribution is -2.60. The second kappa shape index (κ2) is 39.2. The highest BCUT2D eigenvalue weighted by atomic mass is 16.7. The van der Waals surface area contributed by atoms with Gasteiger partial charge in [-0.15, -0.1) is 0 Å². The Labute approximate surface area is 365 Å². The van der Waals surface area contributed by atoms with E-state index in [-0.39, 0.29) is 6.42 Å². The van der Waals surface area contributed by atoms with Crippen molar-refractivity contribution in [1.29, 1.82) is 0 Å². The van der Waals surface area contributed by atoms with Gasteiger partial charge in [0.05, 0.1) is 25.4 Å². The summed E-state index contributed by atoms with van der Waals surface area (Å²) < 4.78 is 11.1. The van der Waals surface area contributed by atoms with Crippen LogP contribution in [0.1, 0.15) is 213 Å². The molecule has 1 saturated heterocycles. The van der Waals surface area contributed by atoms with E-state index >= 15 is 0 Å². The Morgan fingerprint density at radius 3 is 1.42 bits per heavy atom. The second-order valence-electron chi connectivity index (χ2n) is 17.5. The van der Waals surface area contributed by atoms with Crippen LogP contribution in [0.25, 0.3) is 0 Å². The van der Waals surface area contributed by atoms with Crippen molar-refractivity contribution in [2.24, 2.45) is 0 Å². The first kappa shape index (κ1) is 56.6. The predicted octanol–water partition coefficient (Wildman–Crippen LogP) is 8.62. The van der Waals surface area contributed by atoms with E-state index in [1.54, 1.807) is 0 Å². The number of carbonyl (C=O) groups is 1. The lowest BCUT2D eigenvalue weighted by molar-refractivity contribution is -0.303. The third-order valence-electron chi connectivity index (χ3n) is 12.0. The van der Waals surface area contributed by atoms with Crippen molar-refractivity contribution in [2.75, 3.05) is 13.2 Å². The topological polar surface area (TPSA) is 189 Å². The summed E-state index contributed by atoms with van der Waals surface area (Å²) in [5.41, 5.74) is 0. The van der Waals surface area contributed by atoms with Crippen LogP contribution in [0.4, 0.5) is 0 Å². The minimum absolute atomic E-state index is 0.257. The van der Waals surface area contributed by atoms with Crippen molar-refractivity contribution in [3.63, 3.8) is 0 Å². The predicted molar refractivity (Wildman–Crippen MR) is 242 cm³/mol. The standard InChI is InChI=1S/C49H93NO10/c1-3-5-7-9-11-13-15-17-19-20-21-22-23-25-27-29-31-33-35-37-42(53)48(58)50-40(39-59-49-47(57)46(56)45(55)43(38-51)60-49)44(54)41(52)36-34-32-30-28-26-24-18-16-14-12-10-8-6-4-2/h13,15,18,24,40-47,49,51-57H,3-12,14,16-17,19-23,25-39H2,1-2H3,(H,50,58)/b15-13-,24-18-/t40-,41+,42-,43+,44-,45+,46-,47+,49+/m0/s1. The number of hydrogen-bond donors (Lipinski definition) is 8. The Bertz CT molecular complexity index is 1030. The summed E-state index contributed by atoms with van der Waals surface area (Å²) in [4.78, 5) is 13.1. The molecule has 1 aliphatic heterocycles. The van der Waals surface area contributed by atoms with Crippen molar-refractivity contribution in [1.82, 2.24) is 5.32 Å². The van der Waals surface area contributed by atoms with Crippen LogP contribution in [-0.4, -0.2) is 110 Å². The number of aliphatic hydroxyl groups excluding tert-OH is 7. The zero-order valence-corrected chi connectivity index (χ0v) is 38.2. The van der Waals surface area contributed by atoms with Crippen molar-refractivity contribution < 1.29 is 50.0 Å². The molecule has 0 aromatic heterocycles. The maximum absolute atomic E-state index is 13.1. The van der Waals surface area contributed by atoms with Gasteiger partial charge < -0.3 is 50.5 Å². The molecule has 1 aliphatic rings. The summed E-state index contributed by atoms with van der Waals surface area (Å²) in [7, 11) is 0. The maximum Gasteiger partial charge on any atom is 0.249 e. The summed E-state index contributed by atoms with van der Waals surface area (Å²) in [6.07, 6.45) is 32.2. The van der Waals surface area contributed by atoms with Crippen LogP contribution in [-0.2, 0) is 14.3 Å². The first-order valence-electron chi connectivity index (χ1n) is 24.7. The SMILES string of the molecule is CCCCCC/C=C\CCCCCCCCCCCCC[C@H](O)C(=O)N[C@@H](CO[C@@H]1O[C@H](CO)[C@@H](O)[C@H](O)[C@H]1O)[C@H](O)[C@H](O)CCCCCC/C=C\CCCCCCCC. The molecule has 1 amide bonds. The van der Waals surface area contributed by atoms with Crippen LogP contribution in [0.3, 0.4) is 0 Å². The third-order valence-corrected chi connectivity index (χ3v) is 12.0. The highest BCUT2D eigenvalue weighted by Gasteiger charge is 2.44. The van der Waals surface area contributed by atoms with Gasteiger partial charge in [-0.2, -0.15) is 0 Å². The number of amides is 1. The van der Waals surface area contributed by atoms with Crippen LogP contribution in [0, 0.1) is 0 Å². The third kappa shape index (κ3) is 28.3. The minimum atomic E-state index is -1.66. The summed E-state index contributed by atoms with van der Waals surface area (Å²) in [6, 6.07) is -1.17. The van der Waals surface area contributed by atoms with Crippen LogP contribution in [0.2, 0.25) is 0 Å². The normalized spacial score (nSPS) is 21.8. The van der Waals surface area contributed by atoms with Crippen LogP contribution in [0.15, 0.2) is 24.3 Å². The molecule has 0 aliphatic carbocycles. The number of allylic oxidation sites excluding steroid dienone is 4. The Hall–Kier alpha value is -1.41. The highest BCUT2D eigenvalue weighted by molar-refractivity contribution is 5.80. The molecule has 354 valence electrons. The molecule has 8 N–H and O–H groups in total. The molecule has 0 bridgehead atoms. The molecule has 0 aromatic rings. The fourth-order valence-electron chi connectivity index (χ4n) is 7.84. The summed E-state index contributed by atoms with van der Waals surface area (Å²) in [5, 5.41) is 75.8. The van der Waals surface area contributed by atoms with Crippen molar-refractivity contribution in [3.05, 3.63) is 24.3 Å². The Kier molecular flexibility index (Phi) is 37.0. The second-order valence-corrected chi connectivity index (χ2v) is 17.5. The van der Waals surface area contributed by atoms with E-state index in [4.69, 9.17) is 9.47 Å². The quantitative estimate of drug-likeness (QED) is 0.0218. The van der Waals surface area contributed by atoms with Crippen molar-refractivity contribution >= 4 is 5.91 Å². The van der Waals surface area contributed by atoms with E-state index in [1.807, 2.05) is 0 Å². The number of hydrogen-bond acceptors (Lipinski definition) is 10. The van der Waals surface area contributed by atoms with Gasteiger partial charge in [0, 0.05) is 0 Å². The fourth-order valence-corrected chi connectivity index (χ4v) is 7.84. The monoisotopic (exact) mass is 856 g/mol. The minimum Gasteiger partial charge on any atom is -0.394 e. The molecule has 9 atom stereocenters. The molecule has 1 heterocycles. The van der Waals surface area contributed by atoms with Gasteiger partial charge in [0.25, 0.3) is 0 Å². The molecule has 0 spiro atoms. The van der Waals surface area contributed by atoms with Gasteiger partial charge in [0.1, 0.15) is 36.6 Å². The average Bonchev–Trinajstić information content (AvgIpc) is 3.25. The molecule has 1 rings (SSSR count). The molecular weight excluding hydrogens is 763 g/mol. The molecule has 11 nitrogen and oxygen atoms in total. The number of nitrogens with one attached hydrogen (secondary N) is 1. The molecule has 60 heavy (non-hydrogen) atoms. The van der Waals surface area contributed by atoms with E-state index in [1.165, 1.54) is 122 Å². The zero-order chi connectivity index (χ0) is 44.1. The molecule has 0 radical (unpaired) electrons. The number of unbranched alkanes of at least 4 members (excludes halogenated alkanes) is 25. The van der Waals surface area contributed by atoms with E-state index < -0.39 is 74.2 Å². The number of carbonyl (C=O) groups excluding carboxylic acids is 1. The smallest absolute Gasteiger partial charge is 0.249 e. The van der Waals surface area contributed by atoms with Gasteiger partial charge in [-0.25, -0.2) is 0 Å². The molecule has 0 unspecified atom stereocenters. The maximum atomic E-state index is 13.1. The summed E-state index contributed by atoms with van der Waals surface area (Å²) >= 11 is 0. The largest absolute Gasteiger partial charge is 0.394 e. The van der Waals surface area contributed by atoms with Crippen LogP contribution < -0.4 is 5.32 Å². The zero-order valence-electron chi connectivity index (χ0n) is 38.2. The lowest BCUT2D eigenvalue weighted by atomic mass is 9.98. The van der Waals surface area contributed by atoms with Crippen molar-refractivity contribution in [3.8, 4) is 0 Å². The lowest BCUT2D eigenvalue weighted by Gasteiger charge is -2.40. The first-order chi connectivity index (χ1) is 29.2. The van der Waals surface area contributed by atoms with E-state index in [0.29, 0.717) is 19.3 Å². The Morgan fingerprint density at radius 1 is 0.567 bits per heavy atom. The highest BCUT2D eigenvalue weighted by Crippen LogP contribution is 2.23. The number of aliphatic hydroxyl groups is 7. The number of rotatable bonds is 41. The first-order valence-corrected chi connectivity index (χ1v) is 24.7. The Balaban J connectivity index is 2.41. The molecular formula is C49H93NO10. The van der Waals surface area contributed by atoms with Gasteiger partial charge in [-0.05, 0) is 64.2 Å². The van der Waals surface area contributed by atoms with Crippen molar-refractivity contribution in [2.45, 2.75) is 268 Å². The Morgan fingerprint density at radius 2 is 0.967 bits per heavy atom. The molecule has 1 fully saturated rings. The fraction of sp³-hybridized carbons (Fsp3) is 0.898. The average molecular weight is 856 g/mol. The van der Waals surface area contributed by atoms with E-state index in [2.05, 4.69) is 43.5 Å². The molecule has 0 saturated carbocycles. The van der Waals surface area contributed by atoms with Gasteiger partial charge in [0.2, 0.25) is 5.91 Å². The van der Waals surface area contributed by atoms with Gasteiger partial charge in [-0.3, -0.25) is 4.79 Å².